The molecule has 0 spiro atoms. The molecule has 10 heteroatoms. The van der Waals surface area contributed by atoms with Crippen molar-refractivity contribution in [1.29, 1.82) is 0 Å². The van der Waals surface area contributed by atoms with Gasteiger partial charge in [0.1, 0.15) is 5.82 Å². The lowest BCUT2D eigenvalue weighted by Gasteiger charge is -2.37. The number of alkyl halides is 3. The van der Waals surface area contributed by atoms with Crippen molar-refractivity contribution in [3.63, 3.8) is 0 Å². The molecule has 0 aromatic heterocycles. The van der Waals surface area contributed by atoms with E-state index in [1.165, 1.54) is 6.07 Å². The van der Waals surface area contributed by atoms with Crippen LogP contribution in [0.4, 0.5) is 33.7 Å². The van der Waals surface area contributed by atoms with Gasteiger partial charge in [0.05, 0.1) is 11.5 Å². The van der Waals surface area contributed by atoms with E-state index in [1.54, 1.807) is 29.0 Å². The minimum atomic E-state index is -4.75. The van der Waals surface area contributed by atoms with Crippen molar-refractivity contribution in [3.8, 4) is 0 Å². The second kappa shape index (κ2) is 9.52. The maximum atomic E-state index is 14.0. The third-order valence-electron chi connectivity index (χ3n) is 6.40. The molecule has 1 unspecified atom stereocenters. The summed E-state index contributed by atoms with van der Waals surface area (Å²) < 4.78 is 52.5. The zero-order chi connectivity index (χ0) is 24.5. The molecule has 2 aromatic rings. The summed E-state index contributed by atoms with van der Waals surface area (Å²) in [4.78, 5) is 28.6. The molecule has 0 bridgehead atoms. The van der Waals surface area contributed by atoms with Crippen molar-refractivity contribution in [1.82, 2.24) is 15.1 Å². The first kappa shape index (κ1) is 23.8. The van der Waals surface area contributed by atoms with Crippen LogP contribution in [0.25, 0.3) is 0 Å². The molecule has 0 aliphatic carbocycles. The summed E-state index contributed by atoms with van der Waals surface area (Å²) in [6.07, 6.45) is -2.69. The third-order valence-corrected chi connectivity index (χ3v) is 6.40. The smallest absolute Gasteiger partial charge is 0.355 e. The van der Waals surface area contributed by atoms with E-state index in [2.05, 4.69) is 10.6 Å². The number of halogens is 4. The maximum absolute atomic E-state index is 14.0. The molecule has 2 aliphatic rings. The highest BCUT2D eigenvalue weighted by Gasteiger charge is 2.34. The Bertz CT molecular complexity index is 1090. The summed E-state index contributed by atoms with van der Waals surface area (Å²) in [5.74, 6) is -1.57. The molecule has 1 saturated heterocycles. The lowest BCUT2D eigenvalue weighted by molar-refractivity contribution is -0.140. The highest BCUT2D eigenvalue weighted by molar-refractivity contribution is 5.81. The van der Waals surface area contributed by atoms with Crippen molar-refractivity contribution in [2.45, 2.75) is 32.0 Å². The van der Waals surface area contributed by atoms with Gasteiger partial charge in [-0.25, -0.2) is 9.18 Å². The Labute approximate surface area is 194 Å². The van der Waals surface area contributed by atoms with E-state index >= 15 is 0 Å². The van der Waals surface area contributed by atoms with E-state index in [0.29, 0.717) is 38.3 Å². The Morgan fingerprint density at radius 1 is 1.09 bits per heavy atom. The van der Waals surface area contributed by atoms with E-state index in [0.717, 1.165) is 36.1 Å². The van der Waals surface area contributed by atoms with Gasteiger partial charge in [-0.15, -0.1) is 0 Å². The number of nitrogens with zero attached hydrogens (tertiary/aromatic N) is 2. The van der Waals surface area contributed by atoms with Crippen LogP contribution in [0.15, 0.2) is 36.4 Å². The van der Waals surface area contributed by atoms with Crippen LogP contribution in [0.2, 0.25) is 0 Å². The summed E-state index contributed by atoms with van der Waals surface area (Å²) in [6.45, 7) is 1.92. The Hall–Kier alpha value is -3.30. The number of rotatable bonds is 3. The van der Waals surface area contributed by atoms with Gasteiger partial charge in [-0.3, -0.25) is 4.79 Å². The van der Waals surface area contributed by atoms with E-state index in [-0.39, 0.29) is 23.5 Å². The second-order valence-electron chi connectivity index (χ2n) is 8.61. The van der Waals surface area contributed by atoms with E-state index < -0.39 is 17.6 Å². The highest BCUT2D eigenvalue weighted by Crippen LogP contribution is 2.34. The molecule has 6 nitrogen and oxygen atoms in total. The first-order chi connectivity index (χ1) is 16.2. The van der Waals surface area contributed by atoms with Crippen LogP contribution >= 0.6 is 0 Å². The molecular weight excluding hydrogens is 452 g/mol. The maximum Gasteiger partial charge on any atom is 0.419 e. The third kappa shape index (κ3) is 4.95. The molecule has 182 valence electrons. The zero-order valence-electron chi connectivity index (χ0n) is 18.7. The molecule has 2 heterocycles. The molecule has 0 radical (unpaired) electrons. The fourth-order valence-electron chi connectivity index (χ4n) is 4.67. The van der Waals surface area contributed by atoms with Gasteiger partial charge in [-0.1, -0.05) is 12.1 Å². The monoisotopic (exact) mass is 478 g/mol. The van der Waals surface area contributed by atoms with Crippen LogP contribution in [-0.2, 0) is 23.9 Å². The molecule has 1 fully saturated rings. The van der Waals surface area contributed by atoms with Crippen LogP contribution in [0.1, 0.15) is 29.5 Å². The molecule has 2 aromatic carbocycles. The molecule has 2 N–H and O–H groups in total. The Balaban J connectivity index is 1.47. The van der Waals surface area contributed by atoms with Crippen molar-refractivity contribution >= 4 is 23.3 Å². The minimum Gasteiger partial charge on any atom is -0.355 e. The number of fused-ring (bicyclic) bond motifs is 1. The zero-order valence-corrected chi connectivity index (χ0v) is 18.7. The lowest BCUT2D eigenvalue weighted by Crippen LogP contribution is -2.49. The van der Waals surface area contributed by atoms with Crippen LogP contribution in [0.3, 0.4) is 0 Å². The standard InChI is InChI=1S/C24H26F4N4O2/c1-29-23(34)32-10-3-5-16(14-32)22(33)31-11-9-18-15(13-31)4-2-6-21(18)30-17-7-8-19(20(25)12-17)24(26,27)28/h2,4,6-8,12,16,30H,3,5,9-11,13-14H2,1H3,(H,29,34). The van der Waals surface area contributed by atoms with Gasteiger partial charge in [0.2, 0.25) is 5.91 Å². The Morgan fingerprint density at radius 2 is 1.88 bits per heavy atom. The summed E-state index contributed by atoms with van der Waals surface area (Å²) in [7, 11) is 1.57. The molecule has 2 aliphatic heterocycles. The topological polar surface area (TPSA) is 64.7 Å². The van der Waals surface area contributed by atoms with Crippen molar-refractivity contribution in [2.24, 2.45) is 5.92 Å². The van der Waals surface area contributed by atoms with E-state index in [1.807, 2.05) is 6.07 Å². The quantitative estimate of drug-likeness (QED) is 0.638. The largest absolute Gasteiger partial charge is 0.419 e. The number of amides is 3. The van der Waals surface area contributed by atoms with Gasteiger partial charge in [-0.05, 0) is 54.7 Å². The average Bonchev–Trinajstić information content (AvgIpc) is 2.82. The summed E-state index contributed by atoms with van der Waals surface area (Å²) in [5.41, 5.74) is 1.46. The molecule has 34 heavy (non-hydrogen) atoms. The number of nitrogens with one attached hydrogen (secondary N) is 2. The van der Waals surface area contributed by atoms with Crippen molar-refractivity contribution in [3.05, 3.63) is 58.9 Å². The highest BCUT2D eigenvalue weighted by atomic mass is 19.4. The van der Waals surface area contributed by atoms with E-state index in [4.69, 9.17) is 0 Å². The van der Waals surface area contributed by atoms with Crippen molar-refractivity contribution in [2.75, 3.05) is 32.0 Å². The second-order valence-corrected chi connectivity index (χ2v) is 8.61. The summed E-state index contributed by atoms with van der Waals surface area (Å²) in [5, 5.41) is 5.62. The van der Waals surface area contributed by atoms with Gasteiger partial charge in [0.25, 0.3) is 0 Å². The summed E-state index contributed by atoms with van der Waals surface area (Å²) >= 11 is 0. The SMILES string of the molecule is CNC(=O)N1CCCC(C(=O)N2CCc3c(cccc3Nc3ccc(C(F)(F)F)c(F)c3)C2)C1. The number of carbonyl (C=O) groups excluding carboxylic acids is 2. The fourth-order valence-corrected chi connectivity index (χ4v) is 4.67. The van der Waals surface area contributed by atoms with Gasteiger partial charge in [0.15, 0.2) is 0 Å². The number of likely N-dealkylation sites (tertiary alicyclic amines) is 1. The van der Waals surface area contributed by atoms with Crippen LogP contribution in [0, 0.1) is 11.7 Å². The first-order valence-electron chi connectivity index (χ1n) is 11.2. The predicted molar refractivity (Wildman–Crippen MR) is 119 cm³/mol. The first-order valence-corrected chi connectivity index (χ1v) is 11.2. The average molecular weight is 478 g/mol. The Morgan fingerprint density at radius 3 is 2.59 bits per heavy atom. The number of hydrogen-bond acceptors (Lipinski definition) is 3. The molecular formula is C24H26F4N4O2. The molecule has 4 rings (SSSR count). The van der Waals surface area contributed by atoms with Gasteiger partial charge in [-0.2, -0.15) is 13.2 Å². The van der Waals surface area contributed by atoms with Crippen molar-refractivity contribution < 1.29 is 27.2 Å². The van der Waals surface area contributed by atoms with Gasteiger partial charge >= 0.3 is 12.2 Å². The number of piperidine rings is 1. The lowest BCUT2D eigenvalue weighted by atomic mass is 9.93. The number of benzene rings is 2. The summed E-state index contributed by atoms with van der Waals surface area (Å²) in [6, 6.07) is 8.06. The number of urea groups is 1. The number of carbonyl (C=O) groups is 2. The normalized spacial score (nSPS) is 18.3. The fraction of sp³-hybridized carbons (Fsp3) is 0.417. The number of anilines is 2. The molecule has 1 atom stereocenters. The van der Waals surface area contributed by atoms with Gasteiger partial charge < -0.3 is 20.4 Å². The van der Waals surface area contributed by atoms with Crippen LogP contribution in [0.5, 0.6) is 0 Å². The van der Waals surface area contributed by atoms with Gasteiger partial charge in [0, 0.05) is 44.6 Å². The predicted octanol–water partition coefficient (Wildman–Crippen LogP) is 4.52. The molecule has 0 saturated carbocycles. The van der Waals surface area contributed by atoms with E-state index in [9.17, 15) is 27.2 Å². The van der Waals surface area contributed by atoms with Crippen LogP contribution in [-0.4, -0.2) is 48.4 Å². The molecule has 3 amide bonds. The Kier molecular flexibility index (Phi) is 6.67. The van der Waals surface area contributed by atoms with Crippen LogP contribution < -0.4 is 10.6 Å². The number of hydrogen-bond donors (Lipinski definition) is 2. The minimum absolute atomic E-state index is 0.0161.